The molecule has 2 unspecified atom stereocenters. The topological polar surface area (TPSA) is 26.3 Å². The van der Waals surface area contributed by atoms with Crippen molar-refractivity contribution in [3.63, 3.8) is 0 Å². The van der Waals surface area contributed by atoms with Gasteiger partial charge >= 0.3 is 0 Å². The van der Waals surface area contributed by atoms with Crippen molar-refractivity contribution >= 4 is 14.6 Å². The van der Waals surface area contributed by atoms with Crippen molar-refractivity contribution in [2.75, 3.05) is 0 Å². The zero-order valence-corrected chi connectivity index (χ0v) is 12.1. The van der Waals surface area contributed by atoms with Gasteiger partial charge in [-0.15, -0.1) is 0 Å². The summed E-state index contributed by atoms with van der Waals surface area (Å²) in [5, 5.41) is 0.254. The predicted molar refractivity (Wildman–Crippen MR) is 70.0 cm³/mol. The van der Waals surface area contributed by atoms with Gasteiger partial charge in [0.2, 0.25) is 0 Å². The molecule has 0 fully saturated rings. The summed E-state index contributed by atoms with van der Waals surface area (Å²) < 4.78 is 6.28. The number of carbonyl (C=O) groups excluding carboxylic acids is 1. The molecule has 0 radical (unpaired) electrons. The van der Waals surface area contributed by atoms with Crippen LogP contribution in [0.2, 0.25) is 18.1 Å². The summed E-state index contributed by atoms with van der Waals surface area (Å²) in [6.45, 7) is 11.3. The lowest BCUT2D eigenvalue weighted by molar-refractivity contribution is -0.108. The molecule has 0 amide bonds. The zero-order chi connectivity index (χ0) is 12.4. The van der Waals surface area contributed by atoms with E-state index in [0.717, 1.165) is 12.7 Å². The van der Waals surface area contributed by atoms with Gasteiger partial charge in [-0.05, 0) is 30.5 Å². The van der Waals surface area contributed by atoms with E-state index < -0.39 is 8.32 Å². The molecular formula is C13H24O2Si. The van der Waals surface area contributed by atoms with Crippen molar-refractivity contribution in [3.05, 3.63) is 12.2 Å². The SMILES string of the molecule is CC(C)(C)[Si](C)(C)OC1C=CC(CC=O)C1. The lowest BCUT2D eigenvalue weighted by Crippen LogP contribution is -2.43. The third-order valence-electron chi connectivity index (χ3n) is 3.78. The Morgan fingerprint density at radius 3 is 2.50 bits per heavy atom. The first kappa shape index (κ1) is 13.7. The van der Waals surface area contributed by atoms with E-state index in [1.54, 1.807) is 0 Å². The maximum atomic E-state index is 10.4. The summed E-state index contributed by atoms with van der Waals surface area (Å²) in [6, 6.07) is 0. The normalized spacial score (nSPS) is 26.1. The van der Waals surface area contributed by atoms with Crippen LogP contribution in [0.15, 0.2) is 12.2 Å². The van der Waals surface area contributed by atoms with Crippen LogP contribution >= 0.6 is 0 Å². The van der Waals surface area contributed by atoms with E-state index in [0.29, 0.717) is 12.3 Å². The standard InChI is InChI=1S/C13H24O2Si/c1-13(2,3)16(4,5)15-12-7-6-11(10-12)8-9-14/h6-7,9,11-12H,8,10H2,1-5H3. The minimum absolute atomic E-state index is 0.228. The van der Waals surface area contributed by atoms with Crippen LogP contribution in [0, 0.1) is 5.92 Å². The Labute approximate surface area is 100 Å². The van der Waals surface area contributed by atoms with Crippen molar-refractivity contribution in [1.82, 2.24) is 0 Å². The largest absolute Gasteiger partial charge is 0.411 e. The first-order chi connectivity index (χ1) is 7.26. The molecule has 16 heavy (non-hydrogen) atoms. The van der Waals surface area contributed by atoms with E-state index in [1.807, 2.05) is 0 Å². The molecule has 92 valence electrons. The number of carbonyl (C=O) groups is 1. The van der Waals surface area contributed by atoms with E-state index in [9.17, 15) is 4.79 Å². The molecule has 0 saturated carbocycles. The Morgan fingerprint density at radius 1 is 1.38 bits per heavy atom. The second-order valence-electron chi connectivity index (χ2n) is 6.20. The minimum Gasteiger partial charge on any atom is -0.411 e. The van der Waals surface area contributed by atoms with Crippen molar-refractivity contribution in [3.8, 4) is 0 Å². The van der Waals surface area contributed by atoms with Gasteiger partial charge in [-0.3, -0.25) is 0 Å². The zero-order valence-electron chi connectivity index (χ0n) is 11.1. The van der Waals surface area contributed by atoms with Gasteiger partial charge in [0.25, 0.3) is 0 Å². The summed E-state index contributed by atoms with van der Waals surface area (Å²) in [6.07, 6.45) is 7.11. The smallest absolute Gasteiger partial charge is 0.192 e. The Balaban J connectivity index is 2.52. The molecular weight excluding hydrogens is 216 g/mol. The Bertz CT molecular complexity index is 276. The van der Waals surface area contributed by atoms with E-state index in [1.165, 1.54) is 0 Å². The molecule has 0 heterocycles. The number of hydrogen-bond acceptors (Lipinski definition) is 2. The number of allylic oxidation sites excluding steroid dienone is 1. The molecule has 2 nitrogen and oxygen atoms in total. The Morgan fingerprint density at radius 2 is 2.00 bits per heavy atom. The van der Waals surface area contributed by atoms with Crippen LogP contribution in [-0.2, 0) is 9.22 Å². The van der Waals surface area contributed by atoms with Gasteiger partial charge in [-0.2, -0.15) is 0 Å². The summed E-state index contributed by atoms with van der Waals surface area (Å²) >= 11 is 0. The highest BCUT2D eigenvalue weighted by Crippen LogP contribution is 2.39. The van der Waals surface area contributed by atoms with E-state index in [-0.39, 0.29) is 11.1 Å². The van der Waals surface area contributed by atoms with E-state index in [4.69, 9.17) is 4.43 Å². The molecule has 0 N–H and O–H groups in total. The summed E-state index contributed by atoms with van der Waals surface area (Å²) in [5.41, 5.74) is 0. The van der Waals surface area contributed by atoms with Gasteiger partial charge in [-0.25, -0.2) is 0 Å². The maximum Gasteiger partial charge on any atom is 0.192 e. The predicted octanol–water partition coefficient (Wildman–Crippen LogP) is 3.54. The average molecular weight is 240 g/mol. The lowest BCUT2D eigenvalue weighted by atomic mass is 10.1. The fourth-order valence-electron chi connectivity index (χ4n) is 1.68. The first-order valence-corrected chi connectivity index (χ1v) is 8.97. The minimum atomic E-state index is -1.66. The lowest BCUT2D eigenvalue weighted by Gasteiger charge is -2.38. The molecule has 0 bridgehead atoms. The Kier molecular flexibility index (Phi) is 4.13. The molecule has 0 aromatic heterocycles. The van der Waals surface area contributed by atoms with Crippen LogP contribution in [0.1, 0.15) is 33.6 Å². The quantitative estimate of drug-likeness (QED) is 0.427. The molecule has 1 aliphatic rings. The third-order valence-corrected chi connectivity index (χ3v) is 8.29. The number of rotatable bonds is 4. The highest BCUT2D eigenvalue weighted by Gasteiger charge is 2.39. The number of aldehydes is 1. The van der Waals surface area contributed by atoms with Gasteiger partial charge in [0.05, 0.1) is 6.10 Å². The molecule has 0 aromatic rings. The van der Waals surface area contributed by atoms with Crippen molar-refractivity contribution in [1.29, 1.82) is 0 Å². The molecule has 0 aliphatic heterocycles. The van der Waals surface area contributed by atoms with Gasteiger partial charge in [-0.1, -0.05) is 32.9 Å². The van der Waals surface area contributed by atoms with E-state index >= 15 is 0 Å². The maximum absolute atomic E-state index is 10.4. The van der Waals surface area contributed by atoms with Crippen LogP contribution in [-0.4, -0.2) is 20.7 Å². The van der Waals surface area contributed by atoms with Crippen LogP contribution in [0.5, 0.6) is 0 Å². The van der Waals surface area contributed by atoms with Gasteiger partial charge < -0.3 is 9.22 Å². The van der Waals surface area contributed by atoms with Gasteiger partial charge in [0.15, 0.2) is 8.32 Å². The van der Waals surface area contributed by atoms with Crippen LogP contribution < -0.4 is 0 Å². The molecule has 1 aliphatic carbocycles. The van der Waals surface area contributed by atoms with Gasteiger partial charge in [0.1, 0.15) is 6.29 Å². The number of hydrogen-bond donors (Lipinski definition) is 0. The first-order valence-electron chi connectivity index (χ1n) is 6.06. The third kappa shape index (κ3) is 3.29. The second kappa shape index (κ2) is 4.84. The van der Waals surface area contributed by atoms with Crippen molar-refractivity contribution in [2.45, 2.75) is 57.8 Å². The van der Waals surface area contributed by atoms with Gasteiger partial charge in [0, 0.05) is 6.42 Å². The molecule has 1 rings (SSSR count). The monoisotopic (exact) mass is 240 g/mol. The molecule has 0 spiro atoms. The van der Waals surface area contributed by atoms with Crippen molar-refractivity contribution < 1.29 is 9.22 Å². The van der Waals surface area contributed by atoms with Crippen LogP contribution in [0.3, 0.4) is 0 Å². The highest BCUT2D eigenvalue weighted by molar-refractivity contribution is 6.74. The van der Waals surface area contributed by atoms with E-state index in [2.05, 4.69) is 46.0 Å². The average Bonchev–Trinajstić information content (AvgIpc) is 2.50. The summed E-state index contributed by atoms with van der Waals surface area (Å²) in [5.74, 6) is 0.396. The molecule has 0 saturated heterocycles. The second-order valence-corrected chi connectivity index (χ2v) is 11.0. The molecule has 3 heteroatoms. The summed E-state index contributed by atoms with van der Waals surface area (Å²) in [7, 11) is -1.66. The van der Waals surface area contributed by atoms with Crippen LogP contribution in [0.25, 0.3) is 0 Å². The van der Waals surface area contributed by atoms with Crippen molar-refractivity contribution in [2.24, 2.45) is 5.92 Å². The van der Waals surface area contributed by atoms with Crippen LogP contribution in [0.4, 0.5) is 0 Å². The molecule has 2 atom stereocenters. The molecule has 0 aromatic carbocycles. The fraction of sp³-hybridized carbons (Fsp3) is 0.769. The fourth-order valence-corrected chi connectivity index (χ4v) is 2.96. The highest BCUT2D eigenvalue weighted by atomic mass is 28.4. The summed E-state index contributed by atoms with van der Waals surface area (Å²) in [4.78, 5) is 10.4. The Hall–Kier alpha value is -0.413.